The van der Waals surface area contributed by atoms with Crippen LogP contribution in [0.25, 0.3) is 11.0 Å². The SMILES string of the molecule is [CH2]Cn1cnc2c(N)ncc(C(=O)OCC)c21. The molecule has 0 fully saturated rings. The van der Waals surface area contributed by atoms with Crippen LogP contribution in [-0.2, 0) is 11.3 Å². The largest absolute Gasteiger partial charge is 0.462 e. The van der Waals surface area contributed by atoms with Crippen molar-refractivity contribution in [3.8, 4) is 0 Å². The molecule has 0 aliphatic rings. The molecule has 2 heterocycles. The van der Waals surface area contributed by atoms with E-state index in [0.717, 1.165) is 0 Å². The predicted molar refractivity (Wildman–Crippen MR) is 63.3 cm³/mol. The molecule has 2 N–H and O–H groups in total. The minimum Gasteiger partial charge on any atom is -0.462 e. The topological polar surface area (TPSA) is 83.0 Å². The van der Waals surface area contributed by atoms with Gasteiger partial charge >= 0.3 is 5.97 Å². The van der Waals surface area contributed by atoms with Crippen LogP contribution >= 0.6 is 0 Å². The number of carbonyl (C=O) groups excluding carboxylic acids is 1. The Bertz CT molecular complexity index is 562. The molecule has 1 radical (unpaired) electrons. The lowest BCUT2D eigenvalue weighted by atomic mass is 10.2. The fourth-order valence-corrected chi connectivity index (χ4v) is 1.64. The van der Waals surface area contributed by atoms with Crippen molar-refractivity contribution in [2.24, 2.45) is 0 Å². The quantitative estimate of drug-likeness (QED) is 0.800. The van der Waals surface area contributed by atoms with Crippen molar-refractivity contribution in [3.05, 3.63) is 25.0 Å². The molecular weight excluding hydrogens is 220 g/mol. The summed E-state index contributed by atoms with van der Waals surface area (Å²) in [4.78, 5) is 19.8. The molecule has 0 saturated heterocycles. The van der Waals surface area contributed by atoms with Crippen molar-refractivity contribution in [1.29, 1.82) is 0 Å². The molecule has 89 valence electrons. The Morgan fingerprint density at radius 1 is 1.59 bits per heavy atom. The first kappa shape index (κ1) is 11.4. The van der Waals surface area contributed by atoms with Gasteiger partial charge in [0, 0.05) is 12.7 Å². The normalized spacial score (nSPS) is 10.7. The highest BCUT2D eigenvalue weighted by Gasteiger charge is 2.17. The van der Waals surface area contributed by atoms with Gasteiger partial charge in [-0.05, 0) is 13.8 Å². The van der Waals surface area contributed by atoms with E-state index in [0.29, 0.717) is 35.6 Å². The molecule has 6 heteroatoms. The Balaban J connectivity index is 2.66. The standard InChI is InChI=1S/C11H13N4O2/c1-3-15-6-14-8-9(15)7(5-13-10(8)12)11(16)17-4-2/h5-6H,1,3-4H2,2H3,(H2,12,13). The van der Waals surface area contributed by atoms with Gasteiger partial charge in [0.25, 0.3) is 0 Å². The van der Waals surface area contributed by atoms with Gasteiger partial charge < -0.3 is 15.0 Å². The summed E-state index contributed by atoms with van der Waals surface area (Å²) >= 11 is 0. The van der Waals surface area contributed by atoms with Gasteiger partial charge in [-0.3, -0.25) is 0 Å². The van der Waals surface area contributed by atoms with Gasteiger partial charge in [-0.2, -0.15) is 0 Å². The molecular formula is C11H13N4O2. The molecule has 2 aromatic rings. The maximum Gasteiger partial charge on any atom is 0.341 e. The minimum absolute atomic E-state index is 0.292. The number of carbonyl (C=O) groups is 1. The van der Waals surface area contributed by atoms with E-state index in [1.54, 1.807) is 17.8 Å². The van der Waals surface area contributed by atoms with E-state index < -0.39 is 5.97 Å². The number of ether oxygens (including phenoxy) is 1. The predicted octanol–water partition coefficient (Wildman–Crippen LogP) is 1.02. The molecule has 0 aliphatic heterocycles. The number of nitrogen functional groups attached to an aromatic ring is 1. The van der Waals surface area contributed by atoms with E-state index in [1.807, 2.05) is 0 Å². The summed E-state index contributed by atoms with van der Waals surface area (Å²) in [6.07, 6.45) is 2.99. The zero-order valence-electron chi connectivity index (χ0n) is 9.51. The average Bonchev–Trinajstić information content (AvgIpc) is 2.74. The number of anilines is 1. The third kappa shape index (κ3) is 1.82. The number of nitrogens with two attached hydrogens (primary N) is 1. The van der Waals surface area contributed by atoms with Gasteiger partial charge in [-0.15, -0.1) is 0 Å². The van der Waals surface area contributed by atoms with Gasteiger partial charge in [-0.25, -0.2) is 14.8 Å². The lowest BCUT2D eigenvalue weighted by Gasteiger charge is -2.06. The van der Waals surface area contributed by atoms with Gasteiger partial charge in [0.05, 0.1) is 18.5 Å². The molecule has 0 bridgehead atoms. The number of aromatic nitrogens is 3. The fourth-order valence-electron chi connectivity index (χ4n) is 1.64. The van der Waals surface area contributed by atoms with E-state index in [4.69, 9.17) is 10.5 Å². The molecule has 0 aromatic carbocycles. The van der Waals surface area contributed by atoms with Crippen LogP contribution in [0.4, 0.5) is 5.82 Å². The van der Waals surface area contributed by atoms with E-state index in [1.165, 1.54) is 6.20 Å². The van der Waals surface area contributed by atoms with Crippen molar-refractivity contribution >= 4 is 22.8 Å². The fraction of sp³-hybridized carbons (Fsp3) is 0.273. The van der Waals surface area contributed by atoms with Crippen molar-refractivity contribution in [1.82, 2.24) is 14.5 Å². The maximum atomic E-state index is 11.8. The second-order valence-corrected chi connectivity index (χ2v) is 3.41. The van der Waals surface area contributed by atoms with Crippen LogP contribution < -0.4 is 5.73 Å². The summed E-state index contributed by atoms with van der Waals surface area (Å²) in [5, 5.41) is 0. The summed E-state index contributed by atoms with van der Waals surface area (Å²) in [7, 11) is 0. The highest BCUT2D eigenvalue weighted by Crippen LogP contribution is 2.22. The third-order valence-corrected chi connectivity index (χ3v) is 2.40. The van der Waals surface area contributed by atoms with E-state index in [9.17, 15) is 4.79 Å². The average molecular weight is 233 g/mol. The summed E-state index contributed by atoms with van der Waals surface area (Å²) in [6, 6.07) is 0. The van der Waals surface area contributed by atoms with Crippen LogP contribution in [0, 0.1) is 6.92 Å². The first-order valence-electron chi connectivity index (χ1n) is 5.24. The molecule has 0 saturated carbocycles. The molecule has 2 rings (SSSR count). The Kier molecular flexibility index (Phi) is 2.95. The van der Waals surface area contributed by atoms with Crippen LogP contribution in [0.1, 0.15) is 17.3 Å². The minimum atomic E-state index is -0.430. The Hall–Kier alpha value is -2.11. The Labute approximate surface area is 98.4 Å². The smallest absolute Gasteiger partial charge is 0.341 e. The van der Waals surface area contributed by atoms with Gasteiger partial charge in [-0.1, -0.05) is 0 Å². The number of rotatable bonds is 3. The lowest BCUT2D eigenvalue weighted by Crippen LogP contribution is -2.09. The number of hydrogen-bond acceptors (Lipinski definition) is 5. The van der Waals surface area contributed by atoms with E-state index >= 15 is 0 Å². The third-order valence-electron chi connectivity index (χ3n) is 2.40. The molecule has 2 aromatic heterocycles. The van der Waals surface area contributed by atoms with Gasteiger partial charge in [0.15, 0.2) is 5.82 Å². The zero-order chi connectivity index (χ0) is 12.4. The molecule has 0 aliphatic carbocycles. The molecule has 0 spiro atoms. The van der Waals surface area contributed by atoms with Crippen LogP contribution in [0.2, 0.25) is 0 Å². The molecule has 0 atom stereocenters. The Morgan fingerprint density at radius 2 is 2.35 bits per heavy atom. The van der Waals surface area contributed by atoms with Crippen molar-refractivity contribution < 1.29 is 9.53 Å². The highest BCUT2D eigenvalue weighted by molar-refractivity contribution is 6.04. The zero-order valence-corrected chi connectivity index (χ0v) is 9.51. The Morgan fingerprint density at radius 3 is 3.00 bits per heavy atom. The second-order valence-electron chi connectivity index (χ2n) is 3.41. The summed E-state index contributed by atoms with van der Waals surface area (Å²) in [6.45, 7) is 6.27. The highest BCUT2D eigenvalue weighted by atomic mass is 16.5. The molecule has 0 unspecified atom stereocenters. The van der Waals surface area contributed by atoms with Crippen LogP contribution in [0.15, 0.2) is 12.5 Å². The van der Waals surface area contributed by atoms with Crippen LogP contribution in [0.5, 0.6) is 0 Å². The number of hydrogen-bond donors (Lipinski definition) is 1. The second kappa shape index (κ2) is 4.40. The van der Waals surface area contributed by atoms with Crippen molar-refractivity contribution in [2.45, 2.75) is 13.5 Å². The van der Waals surface area contributed by atoms with E-state index in [2.05, 4.69) is 16.9 Å². The lowest BCUT2D eigenvalue weighted by molar-refractivity contribution is 0.0528. The summed E-state index contributed by atoms with van der Waals surface area (Å²) in [5.41, 5.74) is 7.18. The monoisotopic (exact) mass is 233 g/mol. The number of imidazole rings is 1. The molecule has 0 amide bonds. The molecule has 6 nitrogen and oxygen atoms in total. The number of fused-ring (bicyclic) bond motifs is 1. The first-order valence-corrected chi connectivity index (χ1v) is 5.24. The van der Waals surface area contributed by atoms with Crippen LogP contribution in [-0.4, -0.2) is 27.1 Å². The van der Waals surface area contributed by atoms with Crippen molar-refractivity contribution in [2.75, 3.05) is 12.3 Å². The van der Waals surface area contributed by atoms with Gasteiger partial charge in [0.2, 0.25) is 0 Å². The summed E-state index contributed by atoms with van der Waals surface area (Å²) in [5.74, 6) is -0.138. The van der Waals surface area contributed by atoms with Crippen LogP contribution in [0.3, 0.4) is 0 Å². The van der Waals surface area contributed by atoms with Gasteiger partial charge in [0.1, 0.15) is 11.1 Å². The number of nitrogens with zero attached hydrogens (tertiary/aromatic N) is 3. The molecule has 17 heavy (non-hydrogen) atoms. The first-order chi connectivity index (χ1) is 8.19. The summed E-state index contributed by atoms with van der Waals surface area (Å²) < 4.78 is 6.70. The van der Waals surface area contributed by atoms with E-state index in [-0.39, 0.29) is 0 Å². The maximum absolute atomic E-state index is 11.8. The van der Waals surface area contributed by atoms with Crippen molar-refractivity contribution in [3.63, 3.8) is 0 Å². The number of esters is 1. The number of pyridine rings is 1.